The molecule has 0 radical (unpaired) electrons. The number of carbonyl (C=O) groups excluding carboxylic acids is 2. The molecule has 0 aromatic heterocycles. The second kappa shape index (κ2) is 12.9. The molecule has 0 unspecified atom stereocenters. The van der Waals surface area contributed by atoms with Crippen LogP contribution in [-0.4, -0.2) is 53.8 Å². The third kappa shape index (κ3) is 6.95. The number of hydrogen-bond donors (Lipinski definition) is 1. The number of piperidine rings is 1. The molecule has 2 amide bonds. The number of amides is 2. The fourth-order valence-electron chi connectivity index (χ4n) is 4.69. The third-order valence-electron chi connectivity index (χ3n) is 6.56. The van der Waals surface area contributed by atoms with E-state index in [9.17, 15) is 9.59 Å². The predicted molar refractivity (Wildman–Crippen MR) is 143 cm³/mol. The first-order valence-electron chi connectivity index (χ1n) is 12.8. The Labute approximate surface area is 213 Å². The van der Waals surface area contributed by atoms with Crippen LogP contribution in [0.4, 0.5) is 5.69 Å². The van der Waals surface area contributed by atoms with Crippen LogP contribution in [-0.2, 0) is 4.79 Å². The van der Waals surface area contributed by atoms with E-state index in [0.29, 0.717) is 30.4 Å². The van der Waals surface area contributed by atoms with Crippen LogP contribution in [0.2, 0.25) is 0 Å². The van der Waals surface area contributed by atoms with Crippen LogP contribution in [0.25, 0.3) is 0 Å². The molecule has 6 nitrogen and oxygen atoms in total. The molecule has 1 aliphatic rings. The highest BCUT2D eigenvalue weighted by Gasteiger charge is 2.27. The molecule has 0 bridgehead atoms. The van der Waals surface area contributed by atoms with Gasteiger partial charge in [-0.05, 0) is 62.2 Å². The molecule has 0 saturated carbocycles. The molecule has 3 aromatic rings. The van der Waals surface area contributed by atoms with Crippen molar-refractivity contribution in [3.63, 3.8) is 0 Å². The maximum absolute atomic E-state index is 12.9. The van der Waals surface area contributed by atoms with Gasteiger partial charge >= 0.3 is 0 Å². The van der Waals surface area contributed by atoms with Gasteiger partial charge in [0.1, 0.15) is 5.75 Å². The summed E-state index contributed by atoms with van der Waals surface area (Å²) in [5, 5.41) is 3.03. The monoisotopic (exact) mass is 485 g/mol. The van der Waals surface area contributed by atoms with Crippen LogP contribution in [0.15, 0.2) is 84.9 Å². The highest BCUT2D eigenvalue weighted by molar-refractivity contribution is 5.94. The van der Waals surface area contributed by atoms with E-state index in [1.165, 1.54) is 0 Å². The van der Waals surface area contributed by atoms with Crippen LogP contribution in [0, 0.1) is 0 Å². The van der Waals surface area contributed by atoms with Gasteiger partial charge in [0, 0.05) is 37.7 Å². The SMILES string of the molecule is CCCN(CCC(=O)Nc1ccccc1Oc1ccccc1)C1CCN(C(=O)c2ccccc2)CC1. The van der Waals surface area contributed by atoms with E-state index in [-0.39, 0.29) is 11.8 Å². The maximum Gasteiger partial charge on any atom is 0.253 e. The number of para-hydroxylation sites is 3. The third-order valence-corrected chi connectivity index (χ3v) is 6.56. The lowest BCUT2D eigenvalue weighted by atomic mass is 10.0. The Morgan fingerprint density at radius 1 is 0.889 bits per heavy atom. The number of ether oxygens (including phenoxy) is 1. The number of rotatable bonds is 10. The molecular weight excluding hydrogens is 450 g/mol. The molecule has 188 valence electrons. The quantitative estimate of drug-likeness (QED) is 0.393. The second-order valence-electron chi connectivity index (χ2n) is 9.13. The summed E-state index contributed by atoms with van der Waals surface area (Å²) in [6, 6.07) is 26.9. The minimum atomic E-state index is -0.0306. The van der Waals surface area contributed by atoms with E-state index in [1.54, 1.807) is 0 Å². The van der Waals surface area contributed by atoms with Crippen molar-refractivity contribution in [3.8, 4) is 11.5 Å². The molecule has 1 saturated heterocycles. The lowest BCUT2D eigenvalue weighted by molar-refractivity contribution is -0.116. The van der Waals surface area contributed by atoms with Gasteiger partial charge < -0.3 is 15.0 Å². The number of hydrogen-bond acceptors (Lipinski definition) is 4. The zero-order valence-corrected chi connectivity index (χ0v) is 20.9. The van der Waals surface area contributed by atoms with Gasteiger partial charge in [0.2, 0.25) is 5.91 Å². The average molecular weight is 486 g/mol. The first-order chi connectivity index (χ1) is 17.6. The van der Waals surface area contributed by atoms with Crippen molar-refractivity contribution in [2.75, 3.05) is 31.5 Å². The fourth-order valence-corrected chi connectivity index (χ4v) is 4.69. The maximum atomic E-state index is 12.9. The molecule has 1 N–H and O–H groups in total. The first-order valence-corrected chi connectivity index (χ1v) is 12.8. The van der Waals surface area contributed by atoms with Crippen molar-refractivity contribution in [2.24, 2.45) is 0 Å². The highest BCUT2D eigenvalue weighted by atomic mass is 16.5. The summed E-state index contributed by atoms with van der Waals surface area (Å²) >= 11 is 0. The smallest absolute Gasteiger partial charge is 0.253 e. The predicted octanol–water partition coefficient (Wildman–Crippen LogP) is 5.82. The van der Waals surface area contributed by atoms with Crippen molar-refractivity contribution >= 4 is 17.5 Å². The Kier molecular flexibility index (Phi) is 9.11. The van der Waals surface area contributed by atoms with Crippen LogP contribution in [0.3, 0.4) is 0 Å². The molecule has 1 heterocycles. The van der Waals surface area contributed by atoms with E-state index in [4.69, 9.17) is 4.74 Å². The van der Waals surface area contributed by atoms with Crippen LogP contribution in [0.5, 0.6) is 11.5 Å². The summed E-state index contributed by atoms with van der Waals surface area (Å²) in [5.41, 5.74) is 1.41. The van der Waals surface area contributed by atoms with Gasteiger partial charge in [0.15, 0.2) is 5.75 Å². The number of nitrogens with zero attached hydrogens (tertiary/aromatic N) is 2. The topological polar surface area (TPSA) is 61.9 Å². The molecule has 36 heavy (non-hydrogen) atoms. The standard InChI is InChI=1S/C30H35N3O3/c1-2-20-32(25-17-21-33(22-18-25)30(35)24-11-5-3-6-12-24)23-19-29(34)31-27-15-9-10-16-28(27)36-26-13-7-4-8-14-26/h3-16,25H,2,17-23H2,1H3,(H,31,34). The van der Waals surface area contributed by atoms with Crippen molar-refractivity contribution < 1.29 is 14.3 Å². The van der Waals surface area contributed by atoms with Gasteiger partial charge in [-0.2, -0.15) is 0 Å². The van der Waals surface area contributed by atoms with Crippen LogP contribution >= 0.6 is 0 Å². The first kappa shape index (κ1) is 25.5. The largest absolute Gasteiger partial charge is 0.455 e. The highest BCUT2D eigenvalue weighted by Crippen LogP contribution is 2.29. The second-order valence-corrected chi connectivity index (χ2v) is 9.13. The molecule has 0 spiro atoms. The van der Waals surface area contributed by atoms with Crippen molar-refractivity contribution in [3.05, 3.63) is 90.5 Å². The van der Waals surface area contributed by atoms with Gasteiger partial charge in [-0.15, -0.1) is 0 Å². The summed E-state index contributed by atoms with van der Waals surface area (Å²) in [4.78, 5) is 30.0. The van der Waals surface area contributed by atoms with E-state index in [2.05, 4.69) is 17.1 Å². The molecule has 1 aliphatic heterocycles. The van der Waals surface area contributed by atoms with Crippen molar-refractivity contribution in [2.45, 2.75) is 38.6 Å². The lowest BCUT2D eigenvalue weighted by Gasteiger charge is -2.38. The molecule has 1 fully saturated rings. The van der Waals surface area contributed by atoms with Gasteiger partial charge in [-0.1, -0.05) is 55.5 Å². The van der Waals surface area contributed by atoms with E-state index in [1.807, 2.05) is 89.8 Å². The Bertz CT molecular complexity index is 1110. The normalized spacial score (nSPS) is 14.0. The van der Waals surface area contributed by atoms with Gasteiger partial charge in [0.05, 0.1) is 5.69 Å². The molecule has 6 heteroatoms. The Hall–Kier alpha value is -3.64. The minimum Gasteiger partial charge on any atom is -0.455 e. The van der Waals surface area contributed by atoms with Gasteiger partial charge in [0.25, 0.3) is 5.91 Å². The van der Waals surface area contributed by atoms with Crippen molar-refractivity contribution in [1.29, 1.82) is 0 Å². The van der Waals surface area contributed by atoms with E-state index in [0.717, 1.165) is 50.2 Å². The van der Waals surface area contributed by atoms with E-state index < -0.39 is 0 Å². The minimum absolute atomic E-state index is 0.0306. The number of anilines is 1. The van der Waals surface area contributed by atoms with Crippen molar-refractivity contribution in [1.82, 2.24) is 9.80 Å². The summed E-state index contributed by atoms with van der Waals surface area (Å²) in [7, 11) is 0. The molecule has 3 aromatic carbocycles. The molecule has 4 rings (SSSR count). The number of nitrogens with one attached hydrogen (secondary N) is 1. The number of likely N-dealkylation sites (tertiary alicyclic amines) is 1. The Morgan fingerprint density at radius 2 is 1.53 bits per heavy atom. The van der Waals surface area contributed by atoms with E-state index >= 15 is 0 Å². The average Bonchev–Trinajstić information content (AvgIpc) is 2.93. The fraction of sp³-hybridized carbons (Fsp3) is 0.333. The summed E-state index contributed by atoms with van der Waals surface area (Å²) < 4.78 is 5.97. The number of carbonyl (C=O) groups is 2. The zero-order valence-electron chi connectivity index (χ0n) is 20.9. The van der Waals surface area contributed by atoms with Crippen LogP contribution in [0.1, 0.15) is 43.0 Å². The van der Waals surface area contributed by atoms with Crippen LogP contribution < -0.4 is 10.1 Å². The zero-order chi connectivity index (χ0) is 25.2. The lowest BCUT2D eigenvalue weighted by Crippen LogP contribution is -2.47. The number of benzene rings is 3. The summed E-state index contributed by atoms with van der Waals surface area (Å²) in [6.07, 6.45) is 3.28. The molecule has 0 atom stereocenters. The Morgan fingerprint density at radius 3 is 2.22 bits per heavy atom. The van der Waals surface area contributed by atoms with Gasteiger partial charge in [-0.3, -0.25) is 14.5 Å². The summed E-state index contributed by atoms with van der Waals surface area (Å²) in [5.74, 6) is 1.42. The Balaban J connectivity index is 1.29. The summed E-state index contributed by atoms with van der Waals surface area (Å²) in [6.45, 7) is 5.29. The molecule has 0 aliphatic carbocycles. The molecular formula is C30H35N3O3. The van der Waals surface area contributed by atoms with Gasteiger partial charge in [-0.25, -0.2) is 0 Å².